The van der Waals surface area contributed by atoms with E-state index in [2.05, 4.69) is 34.5 Å². The van der Waals surface area contributed by atoms with Crippen molar-refractivity contribution in [1.82, 2.24) is 10.2 Å². The molecule has 0 bridgehead atoms. The molecule has 1 amide bonds. The van der Waals surface area contributed by atoms with Gasteiger partial charge in [0, 0.05) is 39.1 Å². The molecular formula is C15H23N3O. The highest BCUT2D eigenvalue weighted by atomic mass is 16.1. The molecule has 0 unspecified atom stereocenters. The van der Waals surface area contributed by atoms with Crippen molar-refractivity contribution in [2.45, 2.75) is 25.8 Å². The van der Waals surface area contributed by atoms with E-state index in [4.69, 9.17) is 5.73 Å². The van der Waals surface area contributed by atoms with E-state index in [9.17, 15) is 4.79 Å². The Bertz CT molecular complexity index is 420. The third-order valence-electron chi connectivity index (χ3n) is 3.55. The van der Waals surface area contributed by atoms with Gasteiger partial charge < -0.3 is 11.1 Å². The SMILES string of the molecule is NCCC(=O)NCCCN1CCc2ccccc2C1. The lowest BCUT2D eigenvalue weighted by molar-refractivity contribution is -0.120. The molecule has 4 nitrogen and oxygen atoms in total. The van der Waals surface area contributed by atoms with Crippen molar-refractivity contribution in [3.8, 4) is 0 Å². The average Bonchev–Trinajstić information content (AvgIpc) is 2.44. The van der Waals surface area contributed by atoms with Crippen molar-refractivity contribution in [3.05, 3.63) is 35.4 Å². The highest BCUT2D eigenvalue weighted by Gasteiger charge is 2.14. The molecular weight excluding hydrogens is 238 g/mol. The van der Waals surface area contributed by atoms with Gasteiger partial charge in [-0.15, -0.1) is 0 Å². The molecule has 1 aliphatic rings. The monoisotopic (exact) mass is 261 g/mol. The van der Waals surface area contributed by atoms with Gasteiger partial charge in [0.05, 0.1) is 0 Å². The van der Waals surface area contributed by atoms with E-state index in [1.807, 2.05) is 0 Å². The van der Waals surface area contributed by atoms with E-state index in [1.54, 1.807) is 0 Å². The molecule has 19 heavy (non-hydrogen) atoms. The number of nitrogens with two attached hydrogens (primary N) is 1. The van der Waals surface area contributed by atoms with Crippen LogP contribution in [-0.4, -0.2) is 37.0 Å². The second kappa shape index (κ2) is 7.26. The van der Waals surface area contributed by atoms with Crippen molar-refractivity contribution >= 4 is 5.91 Å². The van der Waals surface area contributed by atoms with Crippen LogP contribution in [0.5, 0.6) is 0 Å². The van der Waals surface area contributed by atoms with Gasteiger partial charge in [0.15, 0.2) is 0 Å². The Morgan fingerprint density at radius 2 is 2.11 bits per heavy atom. The predicted molar refractivity (Wildman–Crippen MR) is 76.7 cm³/mol. The zero-order valence-electron chi connectivity index (χ0n) is 11.4. The van der Waals surface area contributed by atoms with E-state index >= 15 is 0 Å². The van der Waals surface area contributed by atoms with E-state index < -0.39 is 0 Å². The van der Waals surface area contributed by atoms with Crippen molar-refractivity contribution in [2.75, 3.05) is 26.2 Å². The van der Waals surface area contributed by atoms with Gasteiger partial charge in [0.25, 0.3) is 0 Å². The summed E-state index contributed by atoms with van der Waals surface area (Å²) in [6, 6.07) is 8.65. The molecule has 1 aromatic rings. The van der Waals surface area contributed by atoms with Crippen LogP contribution < -0.4 is 11.1 Å². The topological polar surface area (TPSA) is 58.4 Å². The summed E-state index contributed by atoms with van der Waals surface area (Å²) >= 11 is 0. The largest absolute Gasteiger partial charge is 0.356 e. The number of rotatable bonds is 6. The first kappa shape index (κ1) is 14.0. The lowest BCUT2D eigenvalue weighted by Gasteiger charge is -2.28. The average molecular weight is 261 g/mol. The number of nitrogens with one attached hydrogen (secondary N) is 1. The van der Waals surface area contributed by atoms with Crippen LogP contribution in [0.15, 0.2) is 24.3 Å². The first-order valence-corrected chi connectivity index (χ1v) is 7.05. The summed E-state index contributed by atoms with van der Waals surface area (Å²) in [5.41, 5.74) is 8.25. The molecule has 1 aliphatic heterocycles. The Hall–Kier alpha value is -1.39. The molecule has 0 saturated heterocycles. The summed E-state index contributed by atoms with van der Waals surface area (Å²) in [7, 11) is 0. The predicted octanol–water partition coefficient (Wildman–Crippen LogP) is 0.900. The van der Waals surface area contributed by atoms with E-state index in [-0.39, 0.29) is 5.91 Å². The van der Waals surface area contributed by atoms with E-state index in [0.717, 1.165) is 39.0 Å². The number of fused-ring (bicyclic) bond motifs is 1. The van der Waals surface area contributed by atoms with Crippen LogP contribution in [0.1, 0.15) is 24.0 Å². The summed E-state index contributed by atoms with van der Waals surface area (Å²) in [4.78, 5) is 13.7. The Kier molecular flexibility index (Phi) is 5.36. The molecule has 1 aromatic carbocycles. The second-order valence-electron chi connectivity index (χ2n) is 5.04. The minimum Gasteiger partial charge on any atom is -0.356 e. The summed E-state index contributed by atoms with van der Waals surface area (Å²) in [5.74, 6) is 0.0616. The third kappa shape index (κ3) is 4.33. The quantitative estimate of drug-likeness (QED) is 0.748. The van der Waals surface area contributed by atoms with Gasteiger partial charge in [0.1, 0.15) is 0 Å². The number of benzene rings is 1. The number of nitrogens with zero attached hydrogens (tertiary/aromatic N) is 1. The maximum Gasteiger partial charge on any atom is 0.221 e. The molecule has 0 aromatic heterocycles. The summed E-state index contributed by atoms with van der Waals surface area (Å²) < 4.78 is 0. The van der Waals surface area contributed by atoms with Crippen molar-refractivity contribution in [3.63, 3.8) is 0 Å². The fraction of sp³-hybridized carbons (Fsp3) is 0.533. The number of hydrogen-bond acceptors (Lipinski definition) is 3. The van der Waals surface area contributed by atoms with Crippen molar-refractivity contribution < 1.29 is 4.79 Å². The van der Waals surface area contributed by atoms with Gasteiger partial charge in [-0.3, -0.25) is 9.69 Å². The first-order chi connectivity index (χ1) is 9.29. The molecule has 4 heteroatoms. The zero-order chi connectivity index (χ0) is 13.5. The van der Waals surface area contributed by atoms with Crippen LogP contribution in [0.2, 0.25) is 0 Å². The van der Waals surface area contributed by atoms with Crippen LogP contribution in [0.4, 0.5) is 0 Å². The third-order valence-corrected chi connectivity index (χ3v) is 3.55. The standard InChI is InChI=1S/C15H23N3O/c16-8-6-15(19)17-9-3-10-18-11-7-13-4-1-2-5-14(13)12-18/h1-2,4-5H,3,6-12,16H2,(H,17,19). The van der Waals surface area contributed by atoms with E-state index in [0.29, 0.717) is 13.0 Å². The molecule has 0 spiro atoms. The van der Waals surface area contributed by atoms with E-state index in [1.165, 1.54) is 11.1 Å². The van der Waals surface area contributed by atoms with Gasteiger partial charge in [-0.2, -0.15) is 0 Å². The molecule has 1 heterocycles. The zero-order valence-corrected chi connectivity index (χ0v) is 11.4. The molecule has 104 valence electrons. The molecule has 0 atom stereocenters. The van der Waals surface area contributed by atoms with Gasteiger partial charge >= 0.3 is 0 Å². The molecule has 0 fully saturated rings. The summed E-state index contributed by atoms with van der Waals surface area (Å²) in [6.07, 6.45) is 2.56. The summed E-state index contributed by atoms with van der Waals surface area (Å²) in [6.45, 7) is 4.36. The van der Waals surface area contributed by atoms with Crippen LogP contribution in [-0.2, 0) is 17.8 Å². The minimum absolute atomic E-state index is 0.0616. The minimum atomic E-state index is 0.0616. The Labute approximate surface area is 115 Å². The lowest BCUT2D eigenvalue weighted by atomic mass is 10.00. The molecule has 2 rings (SSSR count). The fourth-order valence-electron chi connectivity index (χ4n) is 2.49. The Morgan fingerprint density at radius 3 is 2.89 bits per heavy atom. The first-order valence-electron chi connectivity index (χ1n) is 7.05. The van der Waals surface area contributed by atoms with Crippen molar-refractivity contribution in [1.29, 1.82) is 0 Å². The van der Waals surface area contributed by atoms with Gasteiger partial charge in [-0.05, 0) is 24.0 Å². The number of carbonyl (C=O) groups excluding carboxylic acids is 1. The normalized spacial score (nSPS) is 15.0. The van der Waals surface area contributed by atoms with Gasteiger partial charge in [-0.1, -0.05) is 24.3 Å². The summed E-state index contributed by atoms with van der Waals surface area (Å²) in [5, 5.41) is 2.90. The maximum absolute atomic E-state index is 11.3. The highest BCUT2D eigenvalue weighted by molar-refractivity contribution is 5.75. The van der Waals surface area contributed by atoms with Gasteiger partial charge in [0.2, 0.25) is 5.91 Å². The van der Waals surface area contributed by atoms with Crippen LogP contribution >= 0.6 is 0 Å². The van der Waals surface area contributed by atoms with Gasteiger partial charge in [-0.25, -0.2) is 0 Å². The molecule has 3 N–H and O–H groups in total. The molecule has 0 aliphatic carbocycles. The smallest absolute Gasteiger partial charge is 0.221 e. The number of carbonyl (C=O) groups is 1. The van der Waals surface area contributed by atoms with Crippen LogP contribution in [0.3, 0.4) is 0 Å². The Balaban J connectivity index is 1.67. The second-order valence-corrected chi connectivity index (χ2v) is 5.04. The van der Waals surface area contributed by atoms with Crippen LogP contribution in [0.25, 0.3) is 0 Å². The lowest BCUT2D eigenvalue weighted by Crippen LogP contribution is -2.34. The highest BCUT2D eigenvalue weighted by Crippen LogP contribution is 2.18. The maximum atomic E-state index is 11.3. The number of amides is 1. The fourth-order valence-corrected chi connectivity index (χ4v) is 2.49. The van der Waals surface area contributed by atoms with Crippen LogP contribution in [0, 0.1) is 0 Å². The Morgan fingerprint density at radius 1 is 1.32 bits per heavy atom. The molecule has 0 saturated carbocycles. The number of hydrogen-bond donors (Lipinski definition) is 2. The molecule has 0 radical (unpaired) electrons. The van der Waals surface area contributed by atoms with Crippen molar-refractivity contribution in [2.24, 2.45) is 5.73 Å².